The largest absolute Gasteiger partial charge is 0.481 e. The van der Waals surface area contributed by atoms with Crippen molar-refractivity contribution in [1.82, 2.24) is 0 Å². The van der Waals surface area contributed by atoms with Gasteiger partial charge in [0.2, 0.25) is 0 Å². The third kappa shape index (κ3) is 4.88. The second kappa shape index (κ2) is 8.41. The second-order valence-corrected chi connectivity index (χ2v) is 6.43. The zero-order chi connectivity index (χ0) is 19.2. The number of para-hydroxylation sites is 3. The van der Waals surface area contributed by atoms with Crippen LogP contribution < -0.4 is 14.8 Å². The molecule has 0 saturated carbocycles. The van der Waals surface area contributed by atoms with Crippen LogP contribution in [-0.4, -0.2) is 12.0 Å². The highest BCUT2D eigenvalue weighted by atomic mass is 16.5. The number of nitrogens with one attached hydrogen (secondary N) is 1. The molecule has 0 spiro atoms. The Labute approximate surface area is 159 Å². The van der Waals surface area contributed by atoms with Gasteiger partial charge in [0.05, 0.1) is 5.69 Å². The standard InChI is InChI=1S/C23H23NO3/c1-16-13-14-17(2)22(15-16)26-18(3)23(25)24-20-11-7-8-12-21(20)27-19-9-5-4-6-10-19/h4-15,18H,1-3H3,(H,24,25). The maximum absolute atomic E-state index is 12.6. The highest BCUT2D eigenvalue weighted by Crippen LogP contribution is 2.29. The number of carbonyl (C=O) groups excluding carboxylic acids is 1. The molecule has 4 nitrogen and oxygen atoms in total. The van der Waals surface area contributed by atoms with Gasteiger partial charge in [-0.3, -0.25) is 4.79 Å². The lowest BCUT2D eigenvalue weighted by atomic mass is 10.1. The maximum Gasteiger partial charge on any atom is 0.265 e. The van der Waals surface area contributed by atoms with Crippen LogP contribution in [0.4, 0.5) is 5.69 Å². The quantitative estimate of drug-likeness (QED) is 0.630. The lowest BCUT2D eigenvalue weighted by Crippen LogP contribution is -2.30. The zero-order valence-corrected chi connectivity index (χ0v) is 15.7. The topological polar surface area (TPSA) is 47.6 Å². The first-order valence-electron chi connectivity index (χ1n) is 8.89. The van der Waals surface area contributed by atoms with E-state index in [9.17, 15) is 4.79 Å². The number of aryl methyl sites for hydroxylation is 2. The summed E-state index contributed by atoms with van der Waals surface area (Å²) in [5.74, 6) is 1.77. The first-order chi connectivity index (χ1) is 13.0. The van der Waals surface area contributed by atoms with Crippen molar-refractivity contribution in [2.24, 2.45) is 0 Å². The van der Waals surface area contributed by atoms with Crippen molar-refractivity contribution in [3.63, 3.8) is 0 Å². The van der Waals surface area contributed by atoms with Crippen molar-refractivity contribution >= 4 is 11.6 Å². The molecule has 1 unspecified atom stereocenters. The average molecular weight is 361 g/mol. The molecule has 3 rings (SSSR count). The molecule has 3 aromatic rings. The molecule has 0 aliphatic carbocycles. The smallest absolute Gasteiger partial charge is 0.265 e. The van der Waals surface area contributed by atoms with Crippen molar-refractivity contribution < 1.29 is 14.3 Å². The minimum Gasteiger partial charge on any atom is -0.481 e. The van der Waals surface area contributed by atoms with E-state index in [0.29, 0.717) is 22.9 Å². The van der Waals surface area contributed by atoms with Gasteiger partial charge in [0.25, 0.3) is 5.91 Å². The molecule has 138 valence electrons. The van der Waals surface area contributed by atoms with Gasteiger partial charge in [0.15, 0.2) is 11.9 Å². The van der Waals surface area contributed by atoms with E-state index in [1.165, 1.54) is 0 Å². The summed E-state index contributed by atoms with van der Waals surface area (Å²) >= 11 is 0. The van der Waals surface area contributed by atoms with Gasteiger partial charge in [-0.15, -0.1) is 0 Å². The molecule has 0 fully saturated rings. The Morgan fingerprint density at radius 1 is 0.889 bits per heavy atom. The summed E-state index contributed by atoms with van der Waals surface area (Å²) in [6.07, 6.45) is -0.643. The summed E-state index contributed by atoms with van der Waals surface area (Å²) in [6.45, 7) is 5.69. The highest BCUT2D eigenvalue weighted by molar-refractivity contribution is 5.95. The number of anilines is 1. The summed E-state index contributed by atoms with van der Waals surface area (Å²) in [7, 11) is 0. The van der Waals surface area contributed by atoms with Crippen LogP contribution in [0.3, 0.4) is 0 Å². The number of ether oxygens (including phenoxy) is 2. The van der Waals surface area contributed by atoms with E-state index in [1.54, 1.807) is 13.0 Å². The van der Waals surface area contributed by atoms with Crippen LogP contribution in [0, 0.1) is 13.8 Å². The number of carbonyl (C=O) groups is 1. The fraction of sp³-hybridized carbons (Fsp3) is 0.174. The van der Waals surface area contributed by atoms with Crippen LogP contribution in [-0.2, 0) is 4.79 Å². The van der Waals surface area contributed by atoms with E-state index in [0.717, 1.165) is 11.1 Å². The van der Waals surface area contributed by atoms with E-state index in [-0.39, 0.29) is 5.91 Å². The fourth-order valence-electron chi connectivity index (χ4n) is 2.59. The minimum atomic E-state index is -0.643. The highest BCUT2D eigenvalue weighted by Gasteiger charge is 2.17. The Morgan fingerprint density at radius 3 is 2.37 bits per heavy atom. The first-order valence-corrected chi connectivity index (χ1v) is 8.89. The van der Waals surface area contributed by atoms with Crippen LogP contribution >= 0.6 is 0 Å². The molecule has 1 N–H and O–H groups in total. The molecule has 4 heteroatoms. The molecule has 1 atom stereocenters. The fourth-order valence-corrected chi connectivity index (χ4v) is 2.59. The zero-order valence-electron chi connectivity index (χ0n) is 15.7. The van der Waals surface area contributed by atoms with Crippen molar-refractivity contribution in [3.05, 3.63) is 83.9 Å². The Morgan fingerprint density at radius 2 is 1.59 bits per heavy atom. The molecule has 0 radical (unpaired) electrons. The number of rotatable bonds is 6. The van der Waals surface area contributed by atoms with Gasteiger partial charge < -0.3 is 14.8 Å². The van der Waals surface area contributed by atoms with Gasteiger partial charge >= 0.3 is 0 Å². The average Bonchev–Trinajstić information content (AvgIpc) is 2.67. The van der Waals surface area contributed by atoms with Crippen molar-refractivity contribution in [2.45, 2.75) is 26.9 Å². The normalized spacial score (nSPS) is 11.5. The third-order valence-electron chi connectivity index (χ3n) is 4.13. The summed E-state index contributed by atoms with van der Waals surface area (Å²) in [5.41, 5.74) is 2.68. The SMILES string of the molecule is Cc1ccc(C)c(OC(C)C(=O)Nc2ccccc2Oc2ccccc2)c1. The summed E-state index contributed by atoms with van der Waals surface area (Å²) in [4.78, 5) is 12.6. The number of amides is 1. The predicted octanol–water partition coefficient (Wildman–Crippen LogP) is 5.50. The van der Waals surface area contributed by atoms with E-state index < -0.39 is 6.10 Å². The lowest BCUT2D eigenvalue weighted by molar-refractivity contribution is -0.122. The van der Waals surface area contributed by atoms with Gasteiger partial charge in [0.1, 0.15) is 11.5 Å². The first kappa shape index (κ1) is 18.5. The Kier molecular flexibility index (Phi) is 5.77. The third-order valence-corrected chi connectivity index (χ3v) is 4.13. The lowest BCUT2D eigenvalue weighted by Gasteiger charge is -2.18. The molecule has 0 bridgehead atoms. The van der Waals surface area contributed by atoms with Crippen LogP contribution in [0.5, 0.6) is 17.2 Å². The summed E-state index contributed by atoms with van der Waals surface area (Å²) in [5, 5.41) is 2.90. The van der Waals surface area contributed by atoms with Crippen LogP contribution in [0.1, 0.15) is 18.1 Å². The van der Waals surface area contributed by atoms with Crippen LogP contribution in [0.25, 0.3) is 0 Å². The second-order valence-electron chi connectivity index (χ2n) is 6.43. The van der Waals surface area contributed by atoms with Crippen LogP contribution in [0.15, 0.2) is 72.8 Å². The van der Waals surface area contributed by atoms with Gasteiger partial charge in [-0.05, 0) is 62.2 Å². The molecule has 0 heterocycles. The van der Waals surface area contributed by atoms with Crippen molar-refractivity contribution in [1.29, 1.82) is 0 Å². The summed E-state index contributed by atoms with van der Waals surface area (Å²) < 4.78 is 11.8. The van der Waals surface area contributed by atoms with E-state index in [2.05, 4.69) is 5.32 Å². The monoisotopic (exact) mass is 361 g/mol. The molecule has 0 saturated heterocycles. The molecule has 3 aromatic carbocycles. The van der Waals surface area contributed by atoms with E-state index >= 15 is 0 Å². The molecular formula is C23H23NO3. The predicted molar refractivity (Wildman–Crippen MR) is 108 cm³/mol. The number of benzene rings is 3. The minimum absolute atomic E-state index is 0.236. The van der Waals surface area contributed by atoms with E-state index in [1.807, 2.05) is 80.6 Å². The number of hydrogen-bond acceptors (Lipinski definition) is 3. The Bertz CT molecular complexity index is 922. The molecule has 0 aromatic heterocycles. The maximum atomic E-state index is 12.6. The van der Waals surface area contributed by atoms with Crippen molar-refractivity contribution in [3.8, 4) is 17.2 Å². The van der Waals surface area contributed by atoms with Gasteiger partial charge in [0, 0.05) is 0 Å². The van der Waals surface area contributed by atoms with Gasteiger partial charge in [-0.2, -0.15) is 0 Å². The van der Waals surface area contributed by atoms with E-state index in [4.69, 9.17) is 9.47 Å². The van der Waals surface area contributed by atoms with Crippen molar-refractivity contribution in [2.75, 3.05) is 5.32 Å². The Hall–Kier alpha value is -3.27. The van der Waals surface area contributed by atoms with Gasteiger partial charge in [-0.25, -0.2) is 0 Å². The molecule has 1 amide bonds. The van der Waals surface area contributed by atoms with Crippen LogP contribution in [0.2, 0.25) is 0 Å². The molecular weight excluding hydrogens is 338 g/mol. The number of hydrogen-bond donors (Lipinski definition) is 1. The molecule has 0 aliphatic rings. The Balaban J connectivity index is 1.71. The molecule has 27 heavy (non-hydrogen) atoms. The summed E-state index contributed by atoms with van der Waals surface area (Å²) in [6, 6.07) is 22.7. The van der Waals surface area contributed by atoms with Gasteiger partial charge in [-0.1, -0.05) is 42.5 Å². The molecule has 0 aliphatic heterocycles.